The molecular weight excluding hydrogens is 248 g/mol. The SMILES string of the molecule is C[C@@H](/C=C(\O[Si](C)(C)C)C(C)(C)C)c1ccccc1. The van der Waals surface area contributed by atoms with E-state index in [1.165, 1.54) is 5.56 Å². The summed E-state index contributed by atoms with van der Waals surface area (Å²) >= 11 is 0. The molecule has 0 bridgehead atoms. The van der Waals surface area contributed by atoms with Gasteiger partial charge in [0.2, 0.25) is 8.32 Å². The van der Waals surface area contributed by atoms with Crippen molar-refractivity contribution in [2.75, 3.05) is 0 Å². The molecule has 0 saturated heterocycles. The van der Waals surface area contributed by atoms with Crippen LogP contribution in [-0.4, -0.2) is 8.32 Å². The van der Waals surface area contributed by atoms with E-state index in [4.69, 9.17) is 4.43 Å². The highest BCUT2D eigenvalue weighted by atomic mass is 28.4. The van der Waals surface area contributed by atoms with Crippen molar-refractivity contribution < 1.29 is 4.43 Å². The second kappa shape index (κ2) is 5.95. The fourth-order valence-corrected chi connectivity index (χ4v) is 2.88. The summed E-state index contributed by atoms with van der Waals surface area (Å²) < 4.78 is 6.29. The van der Waals surface area contributed by atoms with E-state index < -0.39 is 8.32 Å². The Morgan fingerprint density at radius 3 is 2.05 bits per heavy atom. The summed E-state index contributed by atoms with van der Waals surface area (Å²) in [6.07, 6.45) is 2.29. The molecule has 1 aromatic carbocycles. The Bertz CT molecular complexity index is 421. The molecule has 0 aliphatic rings. The van der Waals surface area contributed by atoms with Crippen LogP contribution in [0.15, 0.2) is 42.2 Å². The molecule has 0 aliphatic heterocycles. The number of rotatable bonds is 4. The van der Waals surface area contributed by atoms with Crippen LogP contribution in [0.2, 0.25) is 19.6 Å². The van der Waals surface area contributed by atoms with Gasteiger partial charge in [0.25, 0.3) is 0 Å². The maximum atomic E-state index is 6.29. The maximum absolute atomic E-state index is 6.29. The summed E-state index contributed by atoms with van der Waals surface area (Å²) in [5, 5.41) is 0. The quantitative estimate of drug-likeness (QED) is 0.516. The lowest BCUT2D eigenvalue weighted by Crippen LogP contribution is -2.29. The van der Waals surface area contributed by atoms with Crippen molar-refractivity contribution in [3.63, 3.8) is 0 Å². The predicted octanol–water partition coefficient (Wildman–Crippen LogP) is 5.57. The van der Waals surface area contributed by atoms with Crippen molar-refractivity contribution in [2.24, 2.45) is 5.41 Å². The van der Waals surface area contributed by atoms with Crippen molar-refractivity contribution in [1.82, 2.24) is 0 Å². The second-order valence-corrected chi connectivity index (χ2v) is 11.6. The Hall–Kier alpha value is -1.02. The van der Waals surface area contributed by atoms with Crippen LogP contribution in [0, 0.1) is 5.41 Å². The Labute approximate surface area is 119 Å². The van der Waals surface area contributed by atoms with Gasteiger partial charge in [-0.15, -0.1) is 0 Å². The normalized spacial score (nSPS) is 15.2. The average molecular weight is 276 g/mol. The van der Waals surface area contributed by atoms with Crippen molar-refractivity contribution in [2.45, 2.75) is 53.3 Å². The maximum Gasteiger partial charge on any atom is 0.241 e. The van der Waals surface area contributed by atoms with E-state index in [1.54, 1.807) is 0 Å². The van der Waals surface area contributed by atoms with E-state index in [1.807, 2.05) is 0 Å². The summed E-state index contributed by atoms with van der Waals surface area (Å²) in [6, 6.07) is 10.6. The van der Waals surface area contributed by atoms with Crippen molar-refractivity contribution >= 4 is 8.32 Å². The van der Waals surface area contributed by atoms with Gasteiger partial charge in [0.1, 0.15) is 0 Å². The topological polar surface area (TPSA) is 9.23 Å². The largest absolute Gasteiger partial charge is 0.547 e. The van der Waals surface area contributed by atoms with Gasteiger partial charge in [-0.1, -0.05) is 58.0 Å². The Kier molecular flexibility index (Phi) is 5.02. The van der Waals surface area contributed by atoms with E-state index in [2.05, 4.69) is 83.7 Å². The third-order valence-corrected chi connectivity index (χ3v) is 3.71. The van der Waals surface area contributed by atoms with Crippen molar-refractivity contribution in [1.29, 1.82) is 0 Å². The average Bonchev–Trinajstić information content (AvgIpc) is 2.26. The van der Waals surface area contributed by atoms with Gasteiger partial charge in [0.15, 0.2) is 0 Å². The molecule has 1 atom stereocenters. The van der Waals surface area contributed by atoms with Crippen LogP contribution in [-0.2, 0) is 4.43 Å². The van der Waals surface area contributed by atoms with Crippen molar-refractivity contribution in [3.8, 4) is 0 Å². The lowest BCUT2D eigenvalue weighted by atomic mass is 9.90. The molecule has 0 aromatic heterocycles. The van der Waals surface area contributed by atoms with Crippen LogP contribution >= 0.6 is 0 Å². The van der Waals surface area contributed by atoms with Crippen LogP contribution < -0.4 is 0 Å². The van der Waals surface area contributed by atoms with Gasteiger partial charge < -0.3 is 4.43 Å². The van der Waals surface area contributed by atoms with Crippen LogP contribution in [0.25, 0.3) is 0 Å². The molecule has 1 rings (SSSR count). The lowest BCUT2D eigenvalue weighted by Gasteiger charge is -2.31. The fourth-order valence-electron chi connectivity index (χ4n) is 1.85. The number of allylic oxidation sites excluding steroid dienone is 2. The first-order chi connectivity index (χ1) is 8.59. The molecule has 0 amide bonds. The second-order valence-electron chi connectivity index (χ2n) is 7.19. The van der Waals surface area contributed by atoms with E-state index in [9.17, 15) is 0 Å². The van der Waals surface area contributed by atoms with Gasteiger partial charge in [0, 0.05) is 11.3 Å². The Morgan fingerprint density at radius 1 is 1.11 bits per heavy atom. The molecule has 19 heavy (non-hydrogen) atoms. The molecule has 0 saturated carbocycles. The van der Waals surface area contributed by atoms with Gasteiger partial charge >= 0.3 is 0 Å². The summed E-state index contributed by atoms with van der Waals surface area (Å²) in [6.45, 7) is 15.6. The van der Waals surface area contributed by atoms with Crippen LogP contribution in [0.3, 0.4) is 0 Å². The minimum Gasteiger partial charge on any atom is -0.547 e. The summed E-state index contributed by atoms with van der Waals surface area (Å²) in [5.41, 5.74) is 1.40. The molecule has 0 aliphatic carbocycles. The molecular formula is C17H28OSi. The highest BCUT2D eigenvalue weighted by Crippen LogP contribution is 2.32. The third kappa shape index (κ3) is 5.64. The first-order valence-corrected chi connectivity index (χ1v) is 10.5. The van der Waals surface area contributed by atoms with Gasteiger partial charge in [-0.3, -0.25) is 0 Å². The minimum atomic E-state index is -1.57. The molecule has 2 heteroatoms. The van der Waals surface area contributed by atoms with E-state index >= 15 is 0 Å². The summed E-state index contributed by atoms with van der Waals surface area (Å²) in [5.74, 6) is 1.51. The van der Waals surface area contributed by atoms with Crippen LogP contribution in [0.4, 0.5) is 0 Å². The highest BCUT2D eigenvalue weighted by molar-refractivity contribution is 6.70. The minimum absolute atomic E-state index is 0.0588. The molecule has 0 heterocycles. The van der Waals surface area contributed by atoms with Gasteiger partial charge in [-0.25, -0.2) is 0 Å². The lowest BCUT2D eigenvalue weighted by molar-refractivity contribution is 0.286. The first-order valence-electron chi connectivity index (χ1n) is 7.06. The smallest absolute Gasteiger partial charge is 0.241 e. The number of hydrogen-bond donors (Lipinski definition) is 0. The van der Waals surface area contributed by atoms with E-state index in [0.717, 1.165) is 5.76 Å². The highest BCUT2D eigenvalue weighted by Gasteiger charge is 2.26. The Balaban J connectivity index is 3.01. The molecule has 1 aromatic rings. The predicted molar refractivity (Wildman–Crippen MR) is 86.8 cm³/mol. The molecule has 0 N–H and O–H groups in total. The number of benzene rings is 1. The van der Waals surface area contributed by atoms with Gasteiger partial charge in [-0.05, 0) is 31.3 Å². The van der Waals surface area contributed by atoms with Gasteiger partial charge in [-0.2, -0.15) is 0 Å². The summed E-state index contributed by atoms with van der Waals surface area (Å²) in [7, 11) is -1.57. The molecule has 106 valence electrons. The zero-order chi connectivity index (χ0) is 14.7. The van der Waals surface area contributed by atoms with E-state index in [0.29, 0.717) is 5.92 Å². The standard InChI is InChI=1S/C17H28OSi/c1-14(15-11-9-8-10-12-15)13-16(17(2,3)4)18-19(5,6)7/h8-14H,1-7H3/b16-13-/t14-/m0/s1. The zero-order valence-corrected chi connectivity index (χ0v) is 14.4. The number of hydrogen-bond acceptors (Lipinski definition) is 1. The monoisotopic (exact) mass is 276 g/mol. The fraction of sp³-hybridized carbons (Fsp3) is 0.529. The molecule has 1 nitrogen and oxygen atoms in total. The Morgan fingerprint density at radius 2 is 1.63 bits per heavy atom. The molecule has 0 radical (unpaired) electrons. The van der Waals surface area contributed by atoms with E-state index in [-0.39, 0.29) is 5.41 Å². The third-order valence-electron chi connectivity index (χ3n) is 2.88. The molecule has 0 spiro atoms. The van der Waals surface area contributed by atoms with Gasteiger partial charge in [0.05, 0.1) is 5.76 Å². The molecule has 0 fully saturated rings. The molecule has 0 unspecified atom stereocenters. The summed E-state index contributed by atoms with van der Waals surface area (Å²) in [4.78, 5) is 0. The zero-order valence-electron chi connectivity index (χ0n) is 13.4. The van der Waals surface area contributed by atoms with Crippen LogP contribution in [0.1, 0.15) is 39.2 Å². The van der Waals surface area contributed by atoms with Crippen molar-refractivity contribution in [3.05, 3.63) is 47.7 Å². The van der Waals surface area contributed by atoms with Crippen LogP contribution in [0.5, 0.6) is 0 Å². The first kappa shape index (κ1) is 16.0.